The molecule has 1 aromatic carbocycles. The molecule has 0 fully saturated rings. The van der Waals surface area contributed by atoms with Crippen LogP contribution in [0.1, 0.15) is 17.7 Å². The van der Waals surface area contributed by atoms with E-state index in [9.17, 15) is 9.18 Å². The first-order valence-corrected chi connectivity index (χ1v) is 6.87. The fourth-order valence-electron chi connectivity index (χ4n) is 2.15. The molecule has 0 spiro atoms. The molecule has 0 bridgehead atoms. The van der Waals surface area contributed by atoms with E-state index in [0.717, 1.165) is 10.6 Å². The lowest BCUT2D eigenvalue weighted by Crippen LogP contribution is -2.14. The molecule has 0 unspecified atom stereocenters. The summed E-state index contributed by atoms with van der Waals surface area (Å²) in [4.78, 5) is 12.0. The maximum absolute atomic E-state index is 13.5. The molecule has 0 aliphatic heterocycles. The normalized spacial score (nSPS) is 10.7. The van der Waals surface area contributed by atoms with E-state index in [1.54, 1.807) is 6.07 Å². The quantitative estimate of drug-likeness (QED) is 0.726. The maximum atomic E-state index is 13.5. The molecule has 0 aliphatic rings. The van der Waals surface area contributed by atoms with Crippen LogP contribution in [0.5, 0.6) is 0 Å². The van der Waals surface area contributed by atoms with E-state index in [4.69, 9.17) is 10.4 Å². The van der Waals surface area contributed by atoms with Crippen molar-refractivity contribution in [2.24, 2.45) is 0 Å². The zero-order chi connectivity index (χ0) is 17.1. The van der Waals surface area contributed by atoms with Gasteiger partial charge in [0.25, 0.3) is 0 Å². The molecular weight excluding hydrogens is 321 g/mol. The Balaban J connectivity index is 2.13. The summed E-state index contributed by atoms with van der Waals surface area (Å²) in [5.74, 6) is -1.54. The van der Waals surface area contributed by atoms with Crippen LogP contribution in [0.25, 0.3) is 17.2 Å². The van der Waals surface area contributed by atoms with Crippen LogP contribution in [0.4, 0.5) is 4.39 Å². The van der Waals surface area contributed by atoms with Crippen LogP contribution in [0, 0.1) is 17.1 Å². The summed E-state index contributed by atoms with van der Waals surface area (Å²) in [5.41, 5.74) is 0.501. The summed E-state index contributed by atoms with van der Waals surface area (Å²) in [5, 5.41) is 28.9. The first kappa shape index (κ1) is 15.6. The Hall–Kier alpha value is -3.32. The number of halogens is 1. The summed E-state index contributed by atoms with van der Waals surface area (Å²) in [6, 6.07) is 5.25. The Morgan fingerprint density at radius 2 is 2.17 bits per heavy atom. The van der Waals surface area contributed by atoms with Gasteiger partial charge in [0.05, 0.1) is 11.3 Å². The molecule has 24 heavy (non-hydrogen) atoms. The zero-order valence-corrected chi connectivity index (χ0v) is 12.1. The number of aliphatic hydroxyl groups is 1. The van der Waals surface area contributed by atoms with Gasteiger partial charge in [-0.25, -0.2) is 18.4 Å². The number of nitrogens with zero attached hydrogens (tertiary/aromatic N) is 5. The average Bonchev–Trinajstić information content (AvgIpc) is 3.19. The summed E-state index contributed by atoms with van der Waals surface area (Å²) in [6.07, 6.45) is 0.766. The number of benzene rings is 1. The molecule has 0 saturated heterocycles. The molecule has 9 nitrogen and oxygen atoms in total. The highest BCUT2D eigenvalue weighted by Crippen LogP contribution is 2.22. The maximum Gasteiger partial charge on any atom is 0.446 e. The fourth-order valence-corrected chi connectivity index (χ4v) is 2.15. The number of nitriles is 1. The highest BCUT2D eigenvalue weighted by Gasteiger charge is 2.22. The number of aliphatic hydroxyl groups excluding tert-OH is 1. The molecule has 3 aromatic rings. The van der Waals surface area contributed by atoms with E-state index in [-0.39, 0.29) is 29.4 Å². The minimum atomic E-state index is -0.836. The lowest BCUT2D eigenvalue weighted by molar-refractivity contribution is 0.282. The first-order chi connectivity index (χ1) is 11.7. The van der Waals surface area contributed by atoms with Gasteiger partial charge in [0, 0.05) is 6.61 Å². The molecule has 10 heteroatoms. The number of hydrogen-bond donors (Lipinski definition) is 1. The number of aromatic nitrogens is 4. The Morgan fingerprint density at radius 1 is 1.33 bits per heavy atom. The van der Waals surface area contributed by atoms with E-state index >= 15 is 0 Å². The molecule has 3 rings (SSSR count). The average molecular weight is 331 g/mol. The van der Waals surface area contributed by atoms with Gasteiger partial charge in [-0.05, 0) is 36.2 Å². The second-order valence-corrected chi connectivity index (χ2v) is 4.77. The molecule has 0 radical (unpaired) electrons. The third kappa shape index (κ3) is 2.68. The van der Waals surface area contributed by atoms with Crippen LogP contribution in [-0.2, 0) is 6.42 Å². The second kappa shape index (κ2) is 6.43. The minimum Gasteiger partial charge on any atom is -0.396 e. The number of rotatable bonds is 5. The Kier molecular flexibility index (Phi) is 4.17. The van der Waals surface area contributed by atoms with Crippen molar-refractivity contribution in [2.75, 3.05) is 6.61 Å². The lowest BCUT2D eigenvalue weighted by atomic mass is 10.2. The van der Waals surface area contributed by atoms with Gasteiger partial charge in [-0.3, -0.25) is 4.52 Å². The van der Waals surface area contributed by atoms with Gasteiger partial charge in [0.1, 0.15) is 17.6 Å². The Bertz CT molecular complexity index is 968. The summed E-state index contributed by atoms with van der Waals surface area (Å²) in [7, 11) is 0. The van der Waals surface area contributed by atoms with Crippen LogP contribution >= 0.6 is 0 Å². The van der Waals surface area contributed by atoms with Crippen molar-refractivity contribution in [2.45, 2.75) is 12.8 Å². The molecule has 1 N–H and O–H groups in total. The molecule has 122 valence electrons. The zero-order valence-electron chi connectivity index (χ0n) is 12.1. The van der Waals surface area contributed by atoms with Crippen molar-refractivity contribution in [3.05, 3.63) is 45.8 Å². The predicted octanol–water partition coefficient (Wildman–Crippen LogP) is 0.811. The van der Waals surface area contributed by atoms with Crippen molar-refractivity contribution in [1.82, 2.24) is 20.0 Å². The minimum absolute atomic E-state index is 0.00434. The van der Waals surface area contributed by atoms with E-state index in [1.165, 1.54) is 12.1 Å². The summed E-state index contributed by atoms with van der Waals surface area (Å²) >= 11 is 0. The number of hydrogen-bond acceptors (Lipinski definition) is 8. The van der Waals surface area contributed by atoms with Crippen LogP contribution < -0.4 is 5.76 Å². The van der Waals surface area contributed by atoms with Crippen LogP contribution in [0.2, 0.25) is 0 Å². The number of aryl methyl sites for hydroxylation is 1. The Labute approximate surface area is 133 Å². The van der Waals surface area contributed by atoms with Gasteiger partial charge in [0.2, 0.25) is 5.82 Å². The van der Waals surface area contributed by atoms with Gasteiger partial charge >= 0.3 is 5.76 Å². The van der Waals surface area contributed by atoms with Crippen molar-refractivity contribution in [3.8, 4) is 23.3 Å². The van der Waals surface area contributed by atoms with E-state index in [1.807, 2.05) is 0 Å². The SMILES string of the molecule is N#Cc1cc(-n2c(-c3nonc3CCCO)noc2=O)ccc1F. The van der Waals surface area contributed by atoms with E-state index < -0.39 is 11.6 Å². The Morgan fingerprint density at radius 3 is 2.92 bits per heavy atom. The summed E-state index contributed by atoms with van der Waals surface area (Å²) < 4.78 is 23.8. The van der Waals surface area contributed by atoms with E-state index in [2.05, 4.69) is 24.6 Å². The topological polar surface area (TPSA) is 131 Å². The largest absolute Gasteiger partial charge is 0.446 e. The van der Waals surface area contributed by atoms with E-state index in [0.29, 0.717) is 18.5 Å². The van der Waals surface area contributed by atoms with Crippen LogP contribution in [-0.4, -0.2) is 31.8 Å². The first-order valence-electron chi connectivity index (χ1n) is 6.87. The van der Waals surface area contributed by atoms with Crippen molar-refractivity contribution in [3.63, 3.8) is 0 Å². The molecule has 0 aliphatic carbocycles. The molecule has 0 saturated carbocycles. The van der Waals surface area contributed by atoms with Crippen molar-refractivity contribution < 1.29 is 18.6 Å². The highest BCUT2D eigenvalue weighted by atomic mass is 19.1. The lowest BCUT2D eigenvalue weighted by Gasteiger charge is -2.04. The van der Waals surface area contributed by atoms with Gasteiger partial charge in [0.15, 0.2) is 5.69 Å². The highest BCUT2D eigenvalue weighted by molar-refractivity contribution is 5.56. The van der Waals surface area contributed by atoms with Crippen LogP contribution in [0.15, 0.2) is 32.1 Å². The van der Waals surface area contributed by atoms with Gasteiger partial charge in [-0.1, -0.05) is 10.3 Å². The third-order valence-corrected chi connectivity index (χ3v) is 3.27. The third-order valence-electron chi connectivity index (χ3n) is 3.27. The molecule has 0 atom stereocenters. The molecule has 2 heterocycles. The summed E-state index contributed by atoms with van der Waals surface area (Å²) in [6.45, 7) is -0.0542. The van der Waals surface area contributed by atoms with Crippen LogP contribution in [0.3, 0.4) is 0 Å². The monoisotopic (exact) mass is 331 g/mol. The molecule has 2 aromatic heterocycles. The fraction of sp³-hybridized carbons (Fsp3) is 0.214. The smallest absolute Gasteiger partial charge is 0.396 e. The van der Waals surface area contributed by atoms with Crippen molar-refractivity contribution >= 4 is 0 Å². The standard InChI is InChI=1S/C14H10FN5O4/c15-10-4-3-9(6-8(10)7-16)20-13(19-23-14(20)22)12-11(2-1-5-21)17-24-18-12/h3-4,6,21H,1-2,5H2. The van der Waals surface area contributed by atoms with Crippen molar-refractivity contribution in [1.29, 1.82) is 5.26 Å². The predicted molar refractivity (Wildman–Crippen MR) is 75.5 cm³/mol. The van der Waals surface area contributed by atoms with Gasteiger partial charge in [-0.15, -0.1) is 0 Å². The van der Waals surface area contributed by atoms with Gasteiger partial charge < -0.3 is 5.11 Å². The second-order valence-electron chi connectivity index (χ2n) is 4.77. The molecular formula is C14H10FN5O4. The molecule has 0 amide bonds. The van der Waals surface area contributed by atoms with Gasteiger partial charge in [-0.2, -0.15) is 5.26 Å².